The van der Waals surface area contributed by atoms with Crippen molar-refractivity contribution in [2.24, 2.45) is 0 Å². The average molecular weight is 251 g/mol. The van der Waals surface area contributed by atoms with Crippen LogP contribution in [0.1, 0.15) is 55.9 Å². The molecule has 0 aromatic carbocycles. The van der Waals surface area contributed by atoms with E-state index in [0.717, 1.165) is 29.9 Å². The Bertz CT molecular complexity index is 430. The van der Waals surface area contributed by atoms with Crippen LogP contribution in [0.2, 0.25) is 0 Å². The smallest absolute Gasteiger partial charge is 0.190 e. The van der Waals surface area contributed by atoms with Gasteiger partial charge in [0.1, 0.15) is 6.61 Å². The number of aromatic nitrogens is 1. The Kier molecular flexibility index (Phi) is 4.74. The summed E-state index contributed by atoms with van der Waals surface area (Å²) in [5.74, 6) is 0.0734. The Morgan fingerprint density at radius 3 is 2.39 bits per heavy atom. The molecule has 0 saturated carbocycles. The molecule has 0 bridgehead atoms. The molecule has 0 unspecified atom stereocenters. The van der Waals surface area contributed by atoms with Crippen LogP contribution in [-0.4, -0.2) is 22.6 Å². The number of ketones is 1. The molecule has 0 saturated heterocycles. The van der Waals surface area contributed by atoms with E-state index < -0.39 is 0 Å². The second-order valence-corrected chi connectivity index (χ2v) is 5.35. The average Bonchev–Trinajstić information content (AvgIpc) is 2.61. The molecule has 0 aliphatic carbocycles. The van der Waals surface area contributed by atoms with E-state index in [0.29, 0.717) is 0 Å². The molecular weight excluding hydrogens is 226 g/mol. The summed E-state index contributed by atoms with van der Waals surface area (Å²) in [6.45, 7) is 13.3. The number of ether oxygens (including phenoxy) is 1. The lowest BCUT2D eigenvalue weighted by Crippen LogP contribution is -2.26. The molecule has 0 fully saturated rings. The van der Waals surface area contributed by atoms with Gasteiger partial charge in [0.05, 0.1) is 5.60 Å². The molecule has 0 radical (unpaired) electrons. The summed E-state index contributed by atoms with van der Waals surface area (Å²) in [6, 6.07) is 1.96. The molecule has 0 aliphatic rings. The maximum atomic E-state index is 12.2. The van der Waals surface area contributed by atoms with Gasteiger partial charge >= 0.3 is 0 Å². The number of aryl methyl sites for hydroxylation is 1. The highest BCUT2D eigenvalue weighted by atomic mass is 16.5. The maximum absolute atomic E-state index is 12.2. The summed E-state index contributed by atoms with van der Waals surface area (Å²) in [4.78, 5) is 12.2. The van der Waals surface area contributed by atoms with Crippen molar-refractivity contribution in [1.82, 2.24) is 4.57 Å². The van der Waals surface area contributed by atoms with Crippen molar-refractivity contribution in [3.63, 3.8) is 0 Å². The first kappa shape index (κ1) is 15.0. The summed E-state index contributed by atoms with van der Waals surface area (Å²) in [5.41, 5.74) is 2.73. The van der Waals surface area contributed by atoms with Crippen LogP contribution in [0.4, 0.5) is 0 Å². The van der Waals surface area contributed by atoms with E-state index in [-0.39, 0.29) is 18.0 Å². The molecule has 0 spiro atoms. The SMILES string of the molecule is CCn1c(C)cc(C(=O)COC(C)(C)CC)c1C. The highest BCUT2D eigenvalue weighted by molar-refractivity contribution is 5.98. The maximum Gasteiger partial charge on any atom is 0.190 e. The Morgan fingerprint density at radius 2 is 1.94 bits per heavy atom. The van der Waals surface area contributed by atoms with Crippen molar-refractivity contribution < 1.29 is 9.53 Å². The standard InChI is InChI=1S/C15H25NO2/c1-7-15(5,6)18-10-14(17)13-9-11(3)16(8-2)12(13)4/h9H,7-8,10H2,1-6H3. The lowest BCUT2D eigenvalue weighted by Gasteiger charge is -2.22. The number of hydrogen-bond donors (Lipinski definition) is 0. The van der Waals surface area contributed by atoms with Crippen molar-refractivity contribution in [2.75, 3.05) is 6.61 Å². The molecule has 1 heterocycles. The van der Waals surface area contributed by atoms with Gasteiger partial charge in [-0.25, -0.2) is 0 Å². The largest absolute Gasteiger partial charge is 0.367 e. The second-order valence-electron chi connectivity index (χ2n) is 5.35. The van der Waals surface area contributed by atoms with Crippen LogP contribution in [0, 0.1) is 13.8 Å². The van der Waals surface area contributed by atoms with E-state index >= 15 is 0 Å². The topological polar surface area (TPSA) is 31.2 Å². The van der Waals surface area contributed by atoms with E-state index in [1.165, 1.54) is 0 Å². The van der Waals surface area contributed by atoms with Crippen molar-refractivity contribution in [1.29, 1.82) is 0 Å². The molecule has 102 valence electrons. The van der Waals surface area contributed by atoms with Gasteiger partial charge in [-0.3, -0.25) is 4.79 Å². The fourth-order valence-corrected chi connectivity index (χ4v) is 2.01. The van der Waals surface area contributed by atoms with Gasteiger partial charge in [0.25, 0.3) is 0 Å². The number of Topliss-reactive ketones (excluding diaryl/α,β-unsaturated/α-hetero) is 1. The molecule has 0 N–H and O–H groups in total. The predicted molar refractivity (Wildman–Crippen MR) is 74.2 cm³/mol. The minimum absolute atomic E-state index is 0.0734. The highest BCUT2D eigenvalue weighted by Gasteiger charge is 2.20. The van der Waals surface area contributed by atoms with E-state index in [1.807, 2.05) is 33.8 Å². The van der Waals surface area contributed by atoms with E-state index in [9.17, 15) is 4.79 Å². The summed E-state index contributed by atoms with van der Waals surface area (Å²) in [5, 5.41) is 0. The molecule has 1 aromatic rings. The van der Waals surface area contributed by atoms with Gasteiger partial charge in [0, 0.05) is 23.5 Å². The zero-order chi connectivity index (χ0) is 13.9. The zero-order valence-corrected chi connectivity index (χ0v) is 12.5. The molecule has 3 nitrogen and oxygen atoms in total. The molecule has 0 atom stereocenters. The van der Waals surface area contributed by atoms with Gasteiger partial charge in [-0.1, -0.05) is 6.92 Å². The van der Waals surface area contributed by atoms with Crippen molar-refractivity contribution in [3.05, 3.63) is 23.0 Å². The Morgan fingerprint density at radius 1 is 1.33 bits per heavy atom. The third-order valence-electron chi connectivity index (χ3n) is 3.64. The molecular formula is C15H25NO2. The second kappa shape index (κ2) is 5.70. The first-order valence-corrected chi connectivity index (χ1v) is 6.66. The van der Waals surface area contributed by atoms with Crippen LogP contribution in [0.5, 0.6) is 0 Å². The summed E-state index contributed by atoms with van der Waals surface area (Å²) in [6.07, 6.45) is 0.897. The van der Waals surface area contributed by atoms with Crippen LogP contribution in [0.25, 0.3) is 0 Å². The predicted octanol–water partition coefficient (Wildman–Crippen LogP) is 3.51. The van der Waals surface area contributed by atoms with Crippen LogP contribution in [0.15, 0.2) is 6.07 Å². The first-order valence-electron chi connectivity index (χ1n) is 6.66. The van der Waals surface area contributed by atoms with E-state index in [2.05, 4.69) is 18.4 Å². The Hall–Kier alpha value is -1.09. The molecule has 18 heavy (non-hydrogen) atoms. The van der Waals surface area contributed by atoms with Crippen LogP contribution < -0.4 is 0 Å². The van der Waals surface area contributed by atoms with Crippen LogP contribution in [0.3, 0.4) is 0 Å². The lowest BCUT2D eigenvalue weighted by atomic mass is 10.1. The van der Waals surface area contributed by atoms with E-state index in [4.69, 9.17) is 4.74 Å². The Labute approximate surface area is 110 Å². The van der Waals surface area contributed by atoms with Gasteiger partial charge < -0.3 is 9.30 Å². The fourth-order valence-electron chi connectivity index (χ4n) is 2.01. The first-order chi connectivity index (χ1) is 8.32. The fraction of sp³-hybridized carbons (Fsp3) is 0.667. The third-order valence-corrected chi connectivity index (χ3v) is 3.64. The van der Waals surface area contributed by atoms with Gasteiger partial charge in [0.15, 0.2) is 5.78 Å². The molecule has 1 aromatic heterocycles. The van der Waals surface area contributed by atoms with Gasteiger partial charge in [-0.05, 0) is 47.1 Å². The van der Waals surface area contributed by atoms with E-state index in [1.54, 1.807) is 0 Å². The Balaban J connectivity index is 2.80. The minimum atomic E-state index is -0.230. The summed E-state index contributed by atoms with van der Waals surface area (Å²) in [7, 11) is 0. The molecule has 3 heteroatoms. The third kappa shape index (κ3) is 3.22. The summed E-state index contributed by atoms with van der Waals surface area (Å²) >= 11 is 0. The normalized spacial score (nSPS) is 11.9. The van der Waals surface area contributed by atoms with Crippen molar-refractivity contribution in [3.8, 4) is 0 Å². The number of carbonyl (C=O) groups excluding carboxylic acids is 1. The lowest BCUT2D eigenvalue weighted by molar-refractivity contribution is -0.0122. The summed E-state index contributed by atoms with van der Waals surface area (Å²) < 4.78 is 7.82. The number of hydrogen-bond acceptors (Lipinski definition) is 2. The quantitative estimate of drug-likeness (QED) is 0.724. The highest BCUT2D eigenvalue weighted by Crippen LogP contribution is 2.18. The number of rotatable bonds is 6. The van der Waals surface area contributed by atoms with Gasteiger partial charge in [-0.2, -0.15) is 0 Å². The minimum Gasteiger partial charge on any atom is -0.367 e. The monoisotopic (exact) mass is 251 g/mol. The number of carbonyl (C=O) groups is 1. The van der Waals surface area contributed by atoms with Crippen molar-refractivity contribution >= 4 is 5.78 Å². The van der Waals surface area contributed by atoms with Crippen LogP contribution in [-0.2, 0) is 11.3 Å². The molecule has 1 rings (SSSR count). The van der Waals surface area contributed by atoms with Crippen LogP contribution >= 0.6 is 0 Å². The molecule has 0 aliphatic heterocycles. The van der Waals surface area contributed by atoms with Crippen molar-refractivity contribution in [2.45, 2.75) is 60.1 Å². The zero-order valence-electron chi connectivity index (χ0n) is 12.5. The molecule has 0 amide bonds. The number of nitrogens with zero attached hydrogens (tertiary/aromatic N) is 1. The van der Waals surface area contributed by atoms with Gasteiger partial charge in [0.2, 0.25) is 0 Å². The van der Waals surface area contributed by atoms with Gasteiger partial charge in [-0.15, -0.1) is 0 Å².